The van der Waals surface area contributed by atoms with Crippen LogP contribution in [0.4, 0.5) is 0 Å². The molecule has 1 aliphatic heterocycles. The van der Waals surface area contributed by atoms with Crippen molar-refractivity contribution in [1.82, 2.24) is 35.1 Å². The van der Waals surface area contributed by atoms with Crippen LogP contribution >= 0.6 is 0 Å². The third-order valence-electron chi connectivity index (χ3n) is 4.20. The van der Waals surface area contributed by atoms with Gasteiger partial charge in [0.15, 0.2) is 0 Å². The van der Waals surface area contributed by atoms with Gasteiger partial charge in [0.1, 0.15) is 29.7 Å². The van der Waals surface area contributed by atoms with E-state index in [1.807, 2.05) is 29.2 Å². The summed E-state index contributed by atoms with van der Waals surface area (Å²) in [5.41, 5.74) is 1.61. The molecule has 0 spiro atoms. The smallest absolute Gasteiger partial charge is 0.246 e. The second-order valence-corrected chi connectivity index (χ2v) is 5.77. The third kappa shape index (κ3) is 2.79. The van der Waals surface area contributed by atoms with Crippen LogP contribution in [0.15, 0.2) is 30.6 Å². The van der Waals surface area contributed by atoms with Gasteiger partial charge in [-0.25, -0.2) is 4.98 Å². The molecule has 8 nitrogen and oxygen atoms in total. The van der Waals surface area contributed by atoms with E-state index >= 15 is 0 Å². The number of fused-ring (bicyclic) bond motifs is 1. The van der Waals surface area contributed by atoms with Gasteiger partial charge < -0.3 is 4.90 Å². The lowest BCUT2D eigenvalue weighted by Gasteiger charge is -2.31. The maximum absolute atomic E-state index is 12.5. The zero-order valence-electron chi connectivity index (χ0n) is 12.6. The van der Waals surface area contributed by atoms with Crippen LogP contribution < -0.4 is 0 Å². The molecule has 1 atom stereocenters. The molecule has 0 unspecified atom stereocenters. The first-order valence-electron chi connectivity index (χ1n) is 7.72. The molecule has 1 N–H and O–H groups in total. The highest BCUT2D eigenvalue weighted by atomic mass is 16.2. The van der Waals surface area contributed by atoms with Gasteiger partial charge >= 0.3 is 0 Å². The first-order chi connectivity index (χ1) is 11.3. The lowest BCUT2D eigenvalue weighted by molar-refractivity contribution is -0.133. The second kappa shape index (κ2) is 5.79. The molecule has 0 saturated carbocycles. The fourth-order valence-electron chi connectivity index (χ4n) is 3.03. The summed E-state index contributed by atoms with van der Waals surface area (Å²) in [5.74, 6) is 1.11. The van der Waals surface area contributed by atoms with E-state index in [9.17, 15) is 4.79 Å². The minimum atomic E-state index is 0.0366. The van der Waals surface area contributed by atoms with Gasteiger partial charge in [-0.1, -0.05) is 12.1 Å². The van der Waals surface area contributed by atoms with Gasteiger partial charge in [0.05, 0.1) is 0 Å². The van der Waals surface area contributed by atoms with Crippen LogP contribution in [0.2, 0.25) is 0 Å². The average Bonchev–Trinajstić information content (AvgIpc) is 3.24. The number of H-pyrrole nitrogens is 1. The Bertz CT molecular complexity index is 777. The molecule has 0 aliphatic carbocycles. The molecular formula is C15H17N7O. The van der Waals surface area contributed by atoms with E-state index in [4.69, 9.17) is 0 Å². The minimum absolute atomic E-state index is 0.0366. The number of nitrogens with zero attached hydrogens (tertiary/aromatic N) is 6. The molecule has 118 valence electrons. The number of carbonyl (C=O) groups excluding carboxylic acids is 1. The van der Waals surface area contributed by atoms with Crippen molar-refractivity contribution in [1.29, 1.82) is 0 Å². The Kier molecular flexibility index (Phi) is 3.49. The number of hydrogen-bond acceptors (Lipinski definition) is 5. The number of amides is 1. The van der Waals surface area contributed by atoms with Crippen LogP contribution in [0.1, 0.15) is 24.6 Å². The monoisotopic (exact) mass is 311 g/mol. The molecule has 1 amide bonds. The number of piperidine rings is 1. The first kappa shape index (κ1) is 13.9. The van der Waals surface area contributed by atoms with Gasteiger partial charge in [-0.3, -0.25) is 9.89 Å². The highest BCUT2D eigenvalue weighted by Gasteiger charge is 2.26. The Morgan fingerprint density at radius 1 is 1.26 bits per heavy atom. The SMILES string of the molecule is O=C(Cn1nc2ccccc2n1)N1CCC[C@H](c2ncn[nH]2)C1. The van der Waals surface area contributed by atoms with Crippen molar-refractivity contribution < 1.29 is 4.79 Å². The number of aromatic amines is 1. The summed E-state index contributed by atoms with van der Waals surface area (Å²) in [6.45, 7) is 1.59. The Morgan fingerprint density at radius 3 is 2.74 bits per heavy atom. The molecule has 1 aromatic carbocycles. The van der Waals surface area contributed by atoms with Crippen LogP contribution in [0.3, 0.4) is 0 Å². The van der Waals surface area contributed by atoms with Crippen LogP contribution in [0, 0.1) is 0 Å². The molecule has 1 fully saturated rings. The number of likely N-dealkylation sites (tertiary alicyclic amines) is 1. The maximum atomic E-state index is 12.5. The predicted molar refractivity (Wildman–Crippen MR) is 82.5 cm³/mol. The summed E-state index contributed by atoms with van der Waals surface area (Å²) in [5, 5.41) is 15.5. The van der Waals surface area contributed by atoms with Crippen molar-refractivity contribution in [3.8, 4) is 0 Å². The van der Waals surface area contributed by atoms with E-state index in [0.29, 0.717) is 6.54 Å². The molecule has 1 aliphatic rings. The highest BCUT2D eigenvalue weighted by Crippen LogP contribution is 2.24. The standard InChI is InChI=1S/C15H17N7O/c23-14(9-22-19-12-5-1-2-6-13(12)20-22)21-7-3-4-11(8-21)15-16-10-17-18-15/h1-2,5-6,10-11H,3-4,7-9H2,(H,16,17,18)/t11-/m0/s1. The first-order valence-corrected chi connectivity index (χ1v) is 7.72. The lowest BCUT2D eigenvalue weighted by Crippen LogP contribution is -2.41. The van der Waals surface area contributed by atoms with Gasteiger partial charge in [-0.05, 0) is 25.0 Å². The third-order valence-corrected chi connectivity index (χ3v) is 4.20. The van der Waals surface area contributed by atoms with E-state index in [2.05, 4.69) is 25.4 Å². The number of aromatic nitrogens is 6. The molecular weight excluding hydrogens is 294 g/mol. The summed E-state index contributed by atoms with van der Waals surface area (Å²) in [4.78, 5) is 20.1. The summed E-state index contributed by atoms with van der Waals surface area (Å²) in [7, 11) is 0. The van der Waals surface area contributed by atoms with E-state index < -0.39 is 0 Å². The Labute approximate surface area is 132 Å². The van der Waals surface area contributed by atoms with Crippen molar-refractivity contribution in [2.45, 2.75) is 25.3 Å². The summed E-state index contributed by atoms with van der Waals surface area (Å²) >= 11 is 0. The second-order valence-electron chi connectivity index (χ2n) is 5.77. The molecule has 3 heterocycles. The largest absolute Gasteiger partial charge is 0.340 e. The number of hydrogen-bond donors (Lipinski definition) is 1. The van der Waals surface area contributed by atoms with Gasteiger partial charge in [0.2, 0.25) is 5.91 Å². The fourth-order valence-corrected chi connectivity index (χ4v) is 3.03. The number of nitrogens with one attached hydrogen (secondary N) is 1. The Balaban J connectivity index is 1.45. The summed E-state index contributed by atoms with van der Waals surface area (Å²) < 4.78 is 0. The quantitative estimate of drug-likeness (QED) is 0.777. The van der Waals surface area contributed by atoms with Crippen molar-refractivity contribution in [2.75, 3.05) is 13.1 Å². The lowest BCUT2D eigenvalue weighted by atomic mass is 9.97. The minimum Gasteiger partial charge on any atom is -0.340 e. The van der Waals surface area contributed by atoms with E-state index in [1.165, 1.54) is 11.1 Å². The molecule has 0 radical (unpaired) electrons. The topological polar surface area (TPSA) is 92.6 Å². The number of benzene rings is 1. The van der Waals surface area contributed by atoms with Crippen LogP contribution in [0.5, 0.6) is 0 Å². The molecule has 8 heteroatoms. The van der Waals surface area contributed by atoms with Crippen LogP contribution in [-0.2, 0) is 11.3 Å². The van der Waals surface area contributed by atoms with Gasteiger partial charge in [0, 0.05) is 19.0 Å². The van der Waals surface area contributed by atoms with Gasteiger partial charge in [0.25, 0.3) is 0 Å². The zero-order valence-corrected chi connectivity index (χ0v) is 12.6. The van der Waals surface area contributed by atoms with Crippen molar-refractivity contribution >= 4 is 16.9 Å². The maximum Gasteiger partial charge on any atom is 0.246 e. The average molecular weight is 311 g/mol. The van der Waals surface area contributed by atoms with E-state index in [0.717, 1.165) is 36.2 Å². The zero-order chi connectivity index (χ0) is 15.6. The number of rotatable bonds is 3. The van der Waals surface area contributed by atoms with E-state index in [1.54, 1.807) is 0 Å². The van der Waals surface area contributed by atoms with E-state index in [-0.39, 0.29) is 18.4 Å². The van der Waals surface area contributed by atoms with Crippen molar-refractivity contribution in [3.63, 3.8) is 0 Å². The van der Waals surface area contributed by atoms with Crippen LogP contribution in [0.25, 0.3) is 11.0 Å². The van der Waals surface area contributed by atoms with Gasteiger partial charge in [-0.2, -0.15) is 20.1 Å². The summed E-state index contributed by atoms with van der Waals surface area (Å²) in [6.07, 6.45) is 3.49. The Hall–Kier alpha value is -2.77. The van der Waals surface area contributed by atoms with Crippen molar-refractivity contribution in [2.24, 2.45) is 0 Å². The predicted octanol–water partition coefficient (Wildman–Crippen LogP) is 0.956. The number of carbonyl (C=O) groups is 1. The molecule has 2 aromatic heterocycles. The summed E-state index contributed by atoms with van der Waals surface area (Å²) in [6, 6.07) is 7.61. The molecule has 0 bridgehead atoms. The Morgan fingerprint density at radius 2 is 2.04 bits per heavy atom. The molecule has 3 aromatic rings. The molecule has 4 rings (SSSR count). The molecule has 23 heavy (non-hydrogen) atoms. The molecule has 1 saturated heterocycles. The van der Waals surface area contributed by atoms with Crippen LogP contribution in [-0.4, -0.2) is 54.1 Å². The fraction of sp³-hybridized carbons (Fsp3) is 0.400. The highest BCUT2D eigenvalue weighted by molar-refractivity contribution is 5.77. The van der Waals surface area contributed by atoms with Gasteiger partial charge in [-0.15, -0.1) is 0 Å². The normalized spacial score (nSPS) is 18.4. The van der Waals surface area contributed by atoms with Crippen molar-refractivity contribution in [3.05, 3.63) is 36.4 Å².